The zero-order valence-electron chi connectivity index (χ0n) is 14.2. The quantitative estimate of drug-likeness (QED) is 0.757. The highest BCUT2D eigenvalue weighted by atomic mass is 32.1. The summed E-state index contributed by atoms with van der Waals surface area (Å²) in [7, 11) is 0. The van der Waals surface area contributed by atoms with E-state index in [0.29, 0.717) is 24.9 Å². The maximum atomic E-state index is 12.0. The first kappa shape index (κ1) is 17.6. The molecule has 0 bridgehead atoms. The molecule has 1 fully saturated rings. The number of rotatable bonds is 7. The normalized spacial score (nSPS) is 14.3. The van der Waals surface area contributed by atoms with E-state index in [2.05, 4.69) is 15.2 Å². The van der Waals surface area contributed by atoms with E-state index >= 15 is 0 Å². The van der Waals surface area contributed by atoms with Gasteiger partial charge in [-0.2, -0.15) is 0 Å². The molecule has 1 N–H and O–H groups in total. The Kier molecular flexibility index (Phi) is 6.17. The third kappa shape index (κ3) is 5.13. The predicted octanol–water partition coefficient (Wildman–Crippen LogP) is 4.13. The van der Waals surface area contributed by atoms with Crippen molar-refractivity contribution in [2.75, 3.05) is 23.3 Å². The number of nitrogens with zero attached hydrogens (tertiary/aromatic N) is 2. The molecule has 0 aliphatic carbocycles. The van der Waals surface area contributed by atoms with E-state index in [0.717, 1.165) is 23.8 Å². The van der Waals surface area contributed by atoms with Gasteiger partial charge in [0.2, 0.25) is 5.91 Å². The van der Waals surface area contributed by atoms with Gasteiger partial charge in [0.15, 0.2) is 5.78 Å². The predicted molar refractivity (Wildman–Crippen MR) is 101 cm³/mol. The van der Waals surface area contributed by atoms with Crippen LogP contribution in [0.25, 0.3) is 0 Å². The second-order valence-corrected chi connectivity index (χ2v) is 7.20. The first-order valence-corrected chi connectivity index (χ1v) is 9.68. The van der Waals surface area contributed by atoms with Crippen molar-refractivity contribution in [3.8, 4) is 0 Å². The lowest BCUT2D eigenvalue weighted by Crippen LogP contribution is -2.30. The van der Waals surface area contributed by atoms with Crippen LogP contribution in [-0.2, 0) is 4.79 Å². The van der Waals surface area contributed by atoms with Crippen LogP contribution in [-0.4, -0.2) is 29.8 Å². The summed E-state index contributed by atoms with van der Waals surface area (Å²) in [6.45, 7) is 2.11. The van der Waals surface area contributed by atoms with Gasteiger partial charge in [0.05, 0.1) is 16.8 Å². The number of pyridine rings is 1. The van der Waals surface area contributed by atoms with Gasteiger partial charge in [0.25, 0.3) is 0 Å². The van der Waals surface area contributed by atoms with Crippen LogP contribution in [0.15, 0.2) is 35.8 Å². The van der Waals surface area contributed by atoms with Gasteiger partial charge in [-0.25, -0.2) is 4.98 Å². The first-order valence-electron chi connectivity index (χ1n) is 8.80. The zero-order chi connectivity index (χ0) is 17.5. The van der Waals surface area contributed by atoms with Crippen LogP contribution >= 0.6 is 11.3 Å². The van der Waals surface area contributed by atoms with Crippen LogP contribution in [0.1, 0.15) is 48.2 Å². The van der Waals surface area contributed by atoms with Crippen LogP contribution in [0.4, 0.5) is 11.5 Å². The summed E-state index contributed by atoms with van der Waals surface area (Å²) in [5.41, 5.74) is 0.704. The number of Topliss-reactive ketones (excluding diaryl/α,β-unsaturated/α-hetero) is 1. The van der Waals surface area contributed by atoms with Crippen LogP contribution in [0, 0.1) is 0 Å². The van der Waals surface area contributed by atoms with E-state index in [-0.39, 0.29) is 11.7 Å². The van der Waals surface area contributed by atoms with Crippen LogP contribution in [0.2, 0.25) is 0 Å². The van der Waals surface area contributed by atoms with Gasteiger partial charge in [0.1, 0.15) is 5.82 Å². The molecule has 0 atom stereocenters. The van der Waals surface area contributed by atoms with Crippen molar-refractivity contribution in [1.29, 1.82) is 0 Å². The fourth-order valence-corrected chi connectivity index (χ4v) is 3.66. The second-order valence-electron chi connectivity index (χ2n) is 6.25. The van der Waals surface area contributed by atoms with Crippen LogP contribution in [0.3, 0.4) is 0 Å². The summed E-state index contributed by atoms with van der Waals surface area (Å²) in [4.78, 5) is 31.4. The molecule has 132 valence electrons. The molecule has 1 aliphatic heterocycles. The third-order valence-electron chi connectivity index (χ3n) is 4.32. The van der Waals surface area contributed by atoms with Gasteiger partial charge in [-0.3, -0.25) is 9.59 Å². The Morgan fingerprint density at radius 1 is 1.12 bits per heavy atom. The Hall–Kier alpha value is -2.21. The summed E-state index contributed by atoms with van der Waals surface area (Å²) in [6.07, 6.45) is 6.72. The molecule has 2 aromatic heterocycles. The molecule has 1 aliphatic rings. The number of thiophene rings is 1. The molecule has 1 saturated heterocycles. The number of carbonyl (C=O) groups is 2. The Balaban J connectivity index is 1.42. The van der Waals surface area contributed by atoms with Gasteiger partial charge in [-0.15, -0.1) is 11.3 Å². The molecule has 3 heterocycles. The number of carbonyl (C=O) groups excluding carboxylic acids is 2. The largest absolute Gasteiger partial charge is 0.357 e. The molecule has 25 heavy (non-hydrogen) atoms. The minimum Gasteiger partial charge on any atom is -0.357 e. The van der Waals surface area contributed by atoms with E-state index in [9.17, 15) is 9.59 Å². The molecule has 0 spiro atoms. The Labute approximate surface area is 152 Å². The Morgan fingerprint density at radius 3 is 2.64 bits per heavy atom. The van der Waals surface area contributed by atoms with Gasteiger partial charge < -0.3 is 10.2 Å². The fourth-order valence-electron chi connectivity index (χ4n) is 2.96. The second kappa shape index (κ2) is 8.76. The summed E-state index contributed by atoms with van der Waals surface area (Å²) < 4.78 is 0. The van der Waals surface area contributed by atoms with Gasteiger partial charge in [-0.1, -0.05) is 6.07 Å². The lowest BCUT2D eigenvalue weighted by molar-refractivity contribution is -0.116. The monoisotopic (exact) mass is 357 g/mol. The lowest BCUT2D eigenvalue weighted by atomic mass is 10.1. The number of hydrogen-bond acceptors (Lipinski definition) is 5. The molecule has 2 aromatic rings. The number of nitrogens with one attached hydrogen (secondary N) is 1. The number of anilines is 2. The minimum atomic E-state index is -0.0773. The number of ketones is 1. The van der Waals surface area contributed by atoms with Gasteiger partial charge in [0, 0.05) is 25.9 Å². The lowest BCUT2D eigenvalue weighted by Gasteiger charge is -2.27. The van der Waals surface area contributed by atoms with E-state index in [1.54, 1.807) is 6.20 Å². The van der Waals surface area contributed by atoms with Crippen molar-refractivity contribution < 1.29 is 9.59 Å². The smallest absolute Gasteiger partial charge is 0.224 e. The van der Waals surface area contributed by atoms with Crippen LogP contribution < -0.4 is 10.2 Å². The highest BCUT2D eigenvalue weighted by Gasteiger charge is 2.12. The van der Waals surface area contributed by atoms with Crippen molar-refractivity contribution in [3.05, 3.63) is 40.7 Å². The molecular weight excluding hydrogens is 334 g/mol. The van der Waals surface area contributed by atoms with Gasteiger partial charge >= 0.3 is 0 Å². The van der Waals surface area contributed by atoms with E-state index < -0.39 is 0 Å². The van der Waals surface area contributed by atoms with Crippen molar-refractivity contribution in [1.82, 2.24) is 4.98 Å². The molecule has 0 unspecified atom stereocenters. The van der Waals surface area contributed by atoms with E-state index in [4.69, 9.17) is 0 Å². The molecule has 0 saturated carbocycles. The Morgan fingerprint density at radius 2 is 1.96 bits per heavy atom. The van der Waals surface area contributed by atoms with Crippen molar-refractivity contribution in [2.45, 2.75) is 38.5 Å². The van der Waals surface area contributed by atoms with Crippen molar-refractivity contribution in [2.24, 2.45) is 0 Å². The number of piperidine rings is 1. The van der Waals surface area contributed by atoms with E-state index in [1.807, 2.05) is 29.6 Å². The molecule has 6 heteroatoms. The maximum Gasteiger partial charge on any atom is 0.224 e. The molecule has 0 radical (unpaired) electrons. The first-order chi connectivity index (χ1) is 12.2. The SMILES string of the molecule is O=C(CCCC(=O)c1cccs1)Nc1ccc(N2CCCCC2)nc1. The van der Waals surface area contributed by atoms with E-state index in [1.165, 1.54) is 30.6 Å². The number of aromatic nitrogens is 1. The number of hydrogen-bond donors (Lipinski definition) is 1. The average Bonchev–Trinajstić information content (AvgIpc) is 3.18. The summed E-state index contributed by atoms with van der Waals surface area (Å²) in [6, 6.07) is 7.54. The highest BCUT2D eigenvalue weighted by Crippen LogP contribution is 2.19. The standard InChI is InChI=1S/C19H23N3O2S/c23-16(17-7-5-13-25-17)6-4-8-19(24)21-15-9-10-18(20-14-15)22-11-2-1-3-12-22/h5,7,9-10,13-14H,1-4,6,8,11-12H2,(H,21,24). The molecular formula is C19H23N3O2S. The third-order valence-corrected chi connectivity index (χ3v) is 5.23. The molecule has 3 rings (SSSR count). The Bertz CT molecular complexity index is 692. The number of amides is 1. The van der Waals surface area contributed by atoms with Crippen molar-refractivity contribution in [3.63, 3.8) is 0 Å². The molecule has 0 aromatic carbocycles. The fraction of sp³-hybridized carbons (Fsp3) is 0.421. The summed E-state index contributed by atoms with van der Waals surface area (Å²) >= 11 is 1.44. The molecule has 1 amide bonds. The highest BCUT2D eigenvalue weighted by molar-refractivity contribution is 7.12. The zero-order valence-corrected chi connectivity index (χ0v) is 15.1. The van der Waals surface area contributed by atoms with Gasteiger partial charge in [-0.05, 0) is 49.3 Å². The van der Waals surface area contributed by atoms with Crippen molar-refractivity contribution >= 4 is 34.5 Å². The average molecular weight is 357 g/mol. The topological polar surface area (TPSA) is 62.3 Å². The minimum absolute atomic E-state index is 0.0773. The maximum absolute atomic E-state index is 12.0. The molecule has 5 nitrogen and oxygen atoms in total. The summed E-state index contributed by atoms with van der Waals surface area (Å²) in [5.74, 6) is 1.00. The summed E-state index contributed by atoms with van der Waals surface area (Å²) in [5, 5.41) is 4.74. The van der Waals surface area contributed by atoms with Crippen LogP contribution in [0.5, 0.6) is 0 Å².